The molecule has 25 heavy (non-hydrogen) atoms. The van der Waals surface area contributed by atoms with Crippen LogP contribution in [0, 0.1) is 19.3 Å². The maximum absolute atomic E-state index is 12.3. The third kappa shape index (κ3) is 4.45. The van der Waals surface area contributed by atoms with Gasteiger partial charge in [0.15, 0.2) is 0 Å². The summed E-state index contributed by atoms with van der Waals surface area (Å²) < 4.78 is 12.3. The summed E-state index contributed by atoms with van der Waals surface area (Å²) in [6.45, 7) is 18.4. The van der Waals surface area contributed by atoms with Crippen LogP contribution < -0.4 is 10.8 Å². The third-order valence-electron chi connectivity index (χ3n) is 5.04. The Morgan fingerprint density at radius 3 is 1.88 bits per heavy atom. The molecule has 0 saturated carbocycles. The van der Waals surface area contributed by atoms with Gasteiger partial charge in [0, 0.05) is 12.1 Å². The van der Waals surface area contributed by atoms with Gasteiger partial charge in [-0.2, -0.15) is 0 Å². The minimum Gasteiger partial charge on any atom is -0.399 e. The molecule has 1 N–H and O–H groups in total. The number of carbonyl (C=O) groups is 1. The zero-order valence-corrected chi connectivity index (χ0v) is 17.2. The van der Waals surface area contributed by atoms with Crippen LogP contribution >= 0.6 is 0 Å². The first-order valence-electron chi connectivity index (χ1n) is 8.98. The topological polar surface area (TPSA) is 47.6 Å². The average molecular weight is 345 g/mol. The fourth-order valence-corrected chi connectivity index (χ4v) is 2.97. The Morgan fingerprint density at radius 1 is 1.04 bits per heavy atom. The lowest BCUT2D eigenvalue weighted by Gasteiger charge is -2.32. The smallest absolute Gasteiger partial charge is 0.399 e. The zero-order valence-electron chi connectivity index (χ0n) is 17.2. The number of aryl methyl sites for hydroxylation is 2. The molecule has 0 unspecified atom stereocenters. The number of carbonyl (C=O) groups excluding carboxylic acids is 1. The van der Waals surface area contributed by atoms with Gasteiger partial charge in [0.25, 0.3) is 0 Å². The van der Waals surface area contributed by atoms with Gasteiger partial charge >= 0.3 is 7.12 Å². The Hall–Kier alpha value is -1.33. The van der Waals surface area contributed by atoms with E-state index in [4.69, 9.17) is 9.31 Å². The van der Waals surface area contributed by atoms with Gasteiger partial charge in [0.05, 0.1) is 11.2 Å². The van der Waals surface area contributed by atoms with Crippen molar-refractivity contribution in [1.82, 2.24) is 0 Å². The quantitative estimate of drug-likeness (QED) is 0.843. The number of rotatable bonds is 3. The van der Waals surface area contributed by atoms with Crippen molar-refractivity contribution in [2.75, 3.05) is 5.32 Å². The van der Waals surface area contributed by atoms with Crippen molar-refractivity contribution in [3.8, 4) is 0 Å². The molecule has 1 aliphatic rings. The SMILES string of the molecule is Cc1cc(B2OC(C)(C)C(C)(C)O2)cc(C)c1NC(=O)CC(C)(C)C. The number of hydrogen-bond donors (Lipinski definition) is 1. The van der Waals surface area contributed by atoms with Crippen molar-refractivity contribution < 1.29 is 14.1 Å². The molecule has 0 radical (unpaired) electrons. The summed E-state index contributed by atoms with van der Waals surface area (Å²) in [5.74, 6) is 0.0436. The van der Waals surface area contributed by atoms with E-state index in [1.807, 2.05) is 53.7 Å². The van der Waals surface area contributed by atoms with Gasteiger partial charge < -0.3 is 14.6 Å². The molecule has 1 heterocycles. The number of amides is 1. The van der Waals surface area contributed by atoms with Gasteiger partial charge in [-0.1, -0.05) is 32.9 Å². The summed E-state index contributed by atoms with van der Waals surface area (Å²) in [5, 5.41) is 3.06. The predicted octanol–water partition coefficient (Wildman–Crippen LogP) is 3.98. The van der Waals surface area contributed by atoms with Gasteiger partial charge in [0.1, 0.15) is 0 Å². The predicted molar refractivity (Wildman–Crippen MR) is 104 cm³/mol. The van der Waals surface area contributed by atoms with E-state index in [-0.39, 0.29) is 29.6 Å². The van der Waals surface area contributed by atoms with E-state index in [0.29, 0.717) is 6.42 Å². The molecule has 1 aliphatic heterocycles. The molecule has 0 aromatic heterocycles. The van der Waals surface area contributed by atoms with Crippen molar-refractivity contribution in [1.29, 1.82) is 0 Å². The van der Waals surface area contributed by atoms with Crippen LogP contribution in [-0.2, 0) is 14.1 Å². The van der Waals surface area contributed by atoms with E-state index in [0.717, 1.165) is 22.3 Å². The normalized spacial score (nSPS) is 19.2. The van der Waals surface area contributed by atoms with Crippen LogP contribution in [0.25, 0.3) is 0 Å². The molecule has 1 aromatic rings. The largest absolute Gasteiger partial charge is 0.494 e. The number of benzene rings is 1. The first-order chi connectivity index (χ1) is 11.2. The highest BCUT2D eigenvalue weighted by Gasteiger charge is 2.51. The lowest BCUT2D eigenvalue weighted by Crippen LogP contribution is -2.41. The zero-order chi connectivity index (χ0) is 19.2. The minimum absolute atomic E-state index is 0.0332. The molecule has 138 valence electrons. The van der Waals surface area contributed by atoms with E-state index in [9.17, 15) is 4.79 Å². The van der Waals surface area contributed by atoms with Crippen molar-refractivity contribution in [3.63, 3.8) is 0 Å². The average Bonchev–Trinajstić information content (AvgIpc) is 2.60. The highest BCUT2D eigenvalue weighted by molar-refractivity contribution is 6.62. The van der Waals surface area contributed by atoms with Crippen LogP contribution in [0.1, 0.15) is 66.0 Å². The fraction of sp³-hybridized carbons (Fsp3) is 0.650. The van der Waals surface area contributed by atoms with Crippen molar-refractivity contribution in [2.45, 2.75) is 79.9 Å². The van der Waals surface area contributed by atoms with Crippen LogP contribution in [0.3, 0.4) is 0 Å². The lowest BCUT2D eigenvalue weighted by atomic mass is 9.77. The molecular weight excluding hydrogens is 313 g/mol. The molecule has 2 rings (SSSR count). The van der Waals surface area contributed by atoms with Gasteiger partial charge in [-0.3, -0.25) is 4.79 Å². The maximum atomic E-state index is 12.3. The van der Waals surface area contributed by atoms with Crippen molar-refractivity contribution in [2.24, 2.45) is 5.41 Å². The monoisotopic (exact) mass is 345 g/mol. The molecule has 0 aliphatic carbocycles. The third-order valence-corrected chi connectivity index (χ3v) is 5.04. The summed E-state index contributed by atoms with van der Waals surface area (Å²) in [4.78, 5) is 12.3. The summed E-state index contributed by atoms with van der Waals surface area (Å²) in [7, 11) is -0.387. The molecule has 0 bridgehead atoms. The molecular formula is C20H32BNO3. The second kappa shape index (κ2) is 6.44. The number of hydrogen-bond acceptors (Lipinski definition) is 3. The lowest BCUT2D eigenvalue weighted by molar-refractivity contribution is -0.117. The van der Waals surface area contributed by atoms with Gasteiger partial charge in [-0.15, -0.1) is 0 Å². The molecule has 1 saturated heterocycles. The maximum Gasteiger partial charge on any atom is 0.494 e. The number of anilines is 1. The molecule has 1 amide bonds. The van der Waals surface area contributed by atoms with Gasteiger partial charge in [-0.05, 0) is 63.5 Å². The molecule has 1 fully saturated rings. The van der Waals surface area contributed by atoms with Crippen molar-refractivity contribution in [3.05, 3.63) is 23.3 Å². The van der Waals surface area contributed by atoms with E-state index in [1.165, 1.54) is 0 Å². The second-order valence-corrected chi connectivity index (χ2v) is 9.40. The van der Waals surface area contributed by atoms with Crippen LogP contribution in [-0.4, -0.2) is 24.2 Å². The summed E-state index contributed by atoms with van der Waals surface area (Å²) in [6.07, 6.45) is 0.491. The van der Waals surface area contributed by atoms with E-state index >= 15 is 0 Å². The summed E-state index contributed by atoms with van der Waals surface area (Å²) >= 11 is 0. The molecule has 0 spiro atoms. The van der Waals surface area contributed by atoms with Gasteiger partial charge in [-0.25, -0.2) is 0 Å². The van der Waals surface area contributed by atoms with Crippen LogP contribution in [0.4, 0.5) is 5.69 Å². The second-order valence-electron chi connectivity index (χ2n) is 9.40. The van der Waals surface area contributed by atoms with Crippen LogP contribution in [0.2, 0.25) is 0 Å². The van der Waals surface area contributed by atoms with E-state index in [2.05, 4.69) is 26.1 Å². The Labute approximate surface area is 152 Å². The highest BCUT2D eigenvalue weighted by atomic mass is 16.7. The standard InChI is InChI=1S/C20H32BNO3/c1-13-10-15(21-24-19(6,7)20(8,9)25-21)11-14(2)17(13)22-16(23)12-18(3,4)5/h10-11H,12H2,1-9H3,(H,22,23). The Morgan fingerprint density at radius 2 is 1.48 bits per heavy atom. The van der Waals surface area contributed by atoms with Crippen LogP contribution in [0.15, 0.2) is 12.1 Å². The number of nitrogens with one attached hydrogen (secondary N) is 1. The Kier molecular flexibility index (Phi) is 5.15. The Bertz CT molecular complexity index is 635. The van der Waals surface area contributed by atoms with Gasteiger partial charge in [0.2, 0.25) is 5.91 Å². The fourth-order valence-electron chi connectivity index (χ4n) is 2.97. The van der Waals surface area contributed by atoms with Crippen LogP contribution in [0.5, 0.6) is 0 Å². The summed E-state index contributed by atoms with van der Waals surface area (Å²) in [6, 6.07) is 4.09. The molecule has 0 atom stereocenters. The van der Waals surface area contributed by atoms with Crippen molar-refractivity contribution >= 4 is 24.2 Å². The highest BCUT2D eigenvalue weighted by Crippen LogP contribution is 2.36. The first kappa shape index (κ1) is 20.0. The van der Waals surface area contributed by atoms with E-state index < -0.39 is 0 Å². The molecule has 5 heteroatoms. The Balaban J connectivity index is 2.22. The minimum atomic E-state index is -0.387. The molecule has 4 nitrogen and oxygen atoms in total. The summed E-state index contributed by atoms with van der Waals surface area (Å²) in [5.41, 5.74) is 3.16. The van der Waals surface area contributed by atoms with E-state index in [1.54, 1.807) is 0 Å². The first-order valence-corrected chi connectivity index (χ1v) is 8.98. The molecule has 1 aromatic carbocycles.